The summed E-state index contributed by atoms with van der Waals surface area (Å²) in [6, 6.07) is 5.82. The first kappa shape index (κ1) is 18.6. The van der Waals surface area contributed by atoms with E-state index in [1.54, 1.807) is 11.9 Å². The number of hydrogen-bond acceptors (Lipinski definition) is 4. The summed E-state index contributed by atoms with van der Waals surface area (Å²) >= 11 is 0. The third-order valence-electron chi connectivity index (χ3n) is 4.41. The molecule has 1 amide bonds. The number of aryl methyl sites for hydroxylation is 2. The van der Waals surface area contributed by atoms with Crippen LogP contribution in [0.15, 0.2) is 22.6 Å². The number of carbonyl (C=O) groups is 1. The fourth-order valence-corrected chi connectivity index (χ4v) is 2.99. The van der Waals surface area contributed by atoms with Crippen molar-refractivity contribution in [2.24, 2.45) is 0 Å². The Morgan fingerprint density at radius 2 is 2.12 bits per heavy atom. The minimum atomic E-state index is -0.0189. The van der Waals surface area contributed by atoms with E-state index in [1.165, 1.54) is 18.4 Å². The molecule has 6 heteroatoms. The molecule has 0 fully saturated rings. The highest BCUT2D eigenvalue weighted by Crippen LogP contribution is 2.33. The molecular formula is C18H25ClN2O3. The maximum absolute atomic E-state index is 12.0. The number of benzene rings is 1. The smallest absolute Gasteiger partial charge is 0.260 e. The Labute approximate surface area is 148 Å². The molecule has 0 spiro atoms. The van der Waals surface area contributed by atoms with E-state index in [0.29, 0.717) is 6.54 Å². The number of amides is 1. The Kier molecular flexibility index (Phi) is 6.52. The van der Waals surface area contributed by atoms with Crippen LogP contribution in [0.3, 0.4) is 0 Å². The molecule has 0 radical (unpaired) electrons. The van der Waals surface area contributed by atoms with Gasteiger partial charge in [0.2, 0.25) is 0 Å². The van der Waals surface area contributed by atoms with E-state index >= 15 is 0 Å². The molecule has 1 aliphatic rings. The number of furan rings is 1. The Bertz CT molecular complexity index is 699. The Balaban J connectivity index is 0.00000208. The zero-order valence-electron chi connectivity index (χ0n) is 14.3. The van der Waals surface area contributed by atoms with Crippen molar-refractivity contribution in [3.8, 4) is 5.75 Å². The van der Waals surface area contributed by atoms with Gasteiger partial charge in [0, 0.05) is 37.5 Å². The van der Waals surface area contributed by atoms with Crippen LogP contribution in [0.25, 0.3) is 11.0 Å². The highest BCUT2D eigenvalue weighted by Gasteiger charge is 2.18. The topological polar surface area (TPSA) is 54.7 Å². The Hall–Kier alpha value is -1.72. The number of carbonyl (C=O) groups excluding carboxylic acids is 1. The zero-order chi connectivity index (χ0) is 16.2. The first-order valence-electron chi connectivity index (χ1n) is 8.24. The molecule has 1 aliphatic carbocycles. The minimum absolute atomic E-state index is 0. The van der Waals surface area contributed by atoms with Crippen LogP contribution in [-0.2, 0) is 17.6 Å². The average Bonchev–Trinajstić information content (AvgIpc) is 2.95. The van der Waals surface area contributed by atoms with Crippen molar-refractivity contribution >= 4 is 29.3 Å². The molecule has 0 atom stereocenters. The molecule has 0 saturated carbocycles. The van der Waals surface area contributed by atoms with Crippen molar-refractivity contribution in [2.75, 3.05) is 33.8 Å². The predicted molar refractivity (Wildman–Crippen MR) is 97.2 cm³/mol. The summed E-state index contributed by atoms with van der Waals surface area (Å²) in [5.41, 5.74) is 2.23. The van der Waals surface area contributed by atoms with Gasteiger partial charge in [-0.3, -0.25) is 4.79 Å². The van der Waals surface area contributed by atoms with Gasteiger partial charge in [-0.1, -0.05) is 0 Å². The summed E-state index contributed by atoms with van der Waals surface area (Å²) in [4.78, 5) is 13.7. The van der Waals surface area contributed by atoms with Gasteiger partial charge < -0.3 is 19.4 Å². The highest BCUT2D eigenvalue weighted by atomic mass is 35.5. The molecule has 0 saturated heterocycles. The third-order valence-corrected chi connectivity index (χ3v) is 4.41. The van der Waals surface area contributed by atoms with E-state index in [1.807, 2.05) is 25.2 Å². The van der Waals surface area contributed by atoms with E-state index in [2.05, 4.69) is 5.32 Å². The lowest BCUT2D eigenvalue weighted by Crippen LogP contribution is -2.35. The molecule has 132 valence electrons. The number of halogens is 1. The van der Waals surface area contributed by atoms with Gasteiger partial charge in [0.05, 0.1) is 0 Å². The summed E-state index contributed by atoms with van der Waals surface area (Å²) < 4.78 is 11.6. The van der Waals surface area contributed by atoms with Crippen molar-refractivity contribution in [1.82, 2.24) is 10.2 Å². The number of hydrogen-bond donors (Lipinski definition) is 1. The molecule has 1 aromatic heterocycles. The van der Waals surface area contributed by atoms with E-state index in [-0.39, 0.29) is 24.9 Å². The van der Waals surface area contributed by atoms with Crippen molar-refractivity contribution in [3.05, 3.63) is 29.5 Å². The summed E-state index contributed by atoms with van der Waals surface area (Å²) in [5, 5.41) is 4.16. The van der Waals surface area contributed by atoms with Gasteiger partial charge in [-0.25, -0.2) is 0 Å². The molecule has 3 rings (SSSR count). The molecule has 1 heterocycles. The second-order valence-corrected chi connectivity index (χ2v) is 6.08. The van der Waals surface area contributed by atoms with Gasteiger partial charge in [0.15, 0.2) is 6.61 Å². The fourth-order valence-electron chi connectivity index (χ4n) is 2.99. The molecule has 1 N–H and O–H groups in total. The van der Waals surface area contributed by atoms with E-state index < -0.39 is 0 Å². The standard InChI is InChI=1S/C18H24N2O3.ClH/c1-19-9-10-20(2)18(21)12-22-13-7-8-17-15(11-13)14-5-3-4-6-16(14)23-17;/h7-8,11,19H,3-6,9-10,12H2,1-2H3;1H. The van der Waals surface area contributed by atoms with Crippen molar-refractivity contribution < 1.29 is 13.9 Å². The lowest BCUT2D eigenvalue weighted by Gasteiger charge is -2.17. The lowest BCUT2D eigenvalue weighted by molar-refractivity contribution is -0.131. The van der Waals surface area contributed by atoms with Gasteiger partial charge in [0.25, 0.3) is 5.91 Å². The highest BCUT2D eigenvalue weighted by molar-refractivity contribution is 5.85. The minimum Gasteiger partial charge on any atom is -0.484 e. The number of nitrogens with one attached hydrogen (secondary N) is 1. The third kappa shape index (κ3) is 4.02. The molecule has 0 unspecified atom stereocenters. The Morgan fingerprint density at radius 3 is 2.92 bits per heavy atom. The molecule has 5 nitrogen and oxygen atoms in total. The lowest BCUT2D eigenvalue weighted by atomic mass is 9.96. The van der Waals surface area contributed by atoms with Crippen LogP contribution in [0.1, 0.15) is 24.2 Å². The van der Waals surface area contributed by atoms with Crippen LogP contribution in [0.4, 0.5) is 0 Å². The van der Waals surface area contributed by atoms with Crippen LogP contribution < -0.4 is 10.1 Å². The van der Waals surface area contributed by atoms with Gasteiger partial charge in [-0.05, 0) is 44.5 Å². The first-order chi connectivity index (χ1) is 11.2. The fraction of sp³-hybridized carbons (Fsp3) is 0.500. The molecular weight excluding hydrogens is 328 g/mol. The van der Waals surface area contributed by atoms with Crippen LogP contribution in [0, 0.1) is 0 Å². The summed E-state index contributed by atoms with van der Waals surface area (Å²) in [6.45, 7) is 1.51. The van der Waals surface area contributed by atoms with Gasteiger partial charge in [-0.15, -0.1) is 12.4 Å². The molecule has 2 aromatic rings. The van der Waals surface area contributed by atoms with E-state index in [0.717, 1.165) is 41.9 Å². The number of ether oxygens (including phenoxy) is 1. The first-order valence-corrected chi connectivity index (χ1v) is 8.24. The van der Waals surface area contributed by atoms with Gasteiger partial charge in [-0.2, -0.15) is 0 Å². The maximum Gasteiger partial charge on any atom is 0.260 e. The number of rotatable bonds is 6. The number of nitrogens with zero attached hydrogens (tertiary/aromatic N) is 1. The van der Waals surface area contributed by atoms with E-state index in [9.17, 15) is 4.79 Å². The van der Waals surface area contributed by atoms with Crippen molar-refractivity contribution in [3.63, 3.8) is 0 Å². The Morgan fingerprint density at radius 1 is 1.33 bits per heavy atom. The average molecular weight is 353 g/mol. The predicted octanol–water partition coefficient (Wildman–Crippen LogP) is 2.79. The summed E-state index contributed by atoms with van der Waals surface area (Å²) in [7, 11) is 3.66. The molecule has 24 heavy (non-hydrogen) atoms. The van der Waals surface area contributed by atoms with Crippen LogP contribution in [-0.4, -0.2) is 44.6 Å². The van der Waals surface area contributed by atoms with Crippen molar-refractivity contribution in [2.45, 2.75) is 25.7 Å². The molecule has 0 bridgehead atoms. The largest absolute Gasteiger partial charge is 0.484 e. The van der Waals surface area contributed by atoms with Crippen LogP contribution in [0.5, 0.6) is 5.75 Å². The summed E-state index contributed by atoms with van der Waals surface area (Å²) in [6.07, 6.45) is 4.50. The van der Waals surface area contributed by atoms with Gasteiger partial charge in [0.1, 0.15) is 17.1 Å². The SMILES string of the molecule is CNCCN(C)C(=O)COc1ccc2oc3c(c2c1)CCCC3.Cl. The summed E-state index contributed by atoms with van der Waals surface area (Å²) in [5.74, 6) is 1.82. The normalized spacial score (nSPS) is 13.2. The quantitative estimate of drug-likeness (QED) is 0.868. The zero-order valence-corrected chi connectivity index (χ0v) is 15.1. The maximum atomic E-state index is 12.0. The molecule has 0 aliphatic heterocycles. The van der Waals surface area contributed by atoms with E-state index in [4.69, 9.17) is 9.15 Å². The van der Waals surface area contributed by atoms with Gasteiger partial charge >= 0.3 is 0 Å². The van der Waals surface area contributed by atoms with Crippen molar-refractivity contribution in [1.29, 1.82) is 0 Å². The monoisotopic (exact) mass is 352 g/mol. The van der Waals surface area contributed by atoms with Crippen LogP contribution in [0.2, 0.25) is 0 Å². The second kappa shape index (κ2) is 8.40. The second-order valence-electron chi connectivity index (χ2n) is 6.08. The number of likely N-dealkylation sites (N-methyl/N-ethyl adjacent to an activating group) is 2. The molecule has 1 aromatic carbocycles. The van der Waals surface area contributed by atoms with Crippen LogP contribution >= 0.6 is 12.4 Å². The number of fused-ring (bicyclic) bond motifs is 3.